The van der Waals surface area contributed by atoms with Crippen molar-refractivity contribution in [3.8, 4) is 0 Å². The molecule has 1 aliphatic rings. The predicted molar refractivity (Wildman–Crippen MR) is 89.2 cm³/mol. The van der Waals surface area contributed by atoms with E-state index in [4.69, 9.17) is 5.73 Å². The average Bonchev–Trinajstić information content (AvgIpc) is 2.49. The van der Waals surface area contributed by atoms with Crippen molar-refractivity contribution >= 4 is 17.3 Å². The molecular weight excluding hydrogens is 260 g/mol. The van der Waals surface area contributed by atoms with Gasteiger partial charge in [0.05, 0.1) is 11.4 Å². The molecular formula is C18H28N2O. The highest BCUT2D eigenvalue weighted by molar-refractivity contribution is 5.96. The Kier molecular flexibility index (Phi) is 5.66. The quantitative estimate of drug-likeness (QED) is 0.783. The first kappa shape index (κ1) is 15.9. The molecule has 0 spiro atoms. The zero-order valence-electron chi connectivity index (χ0n) is 13.3. The molecule has 21 heavy (non-hydrogen) atoms. The van der Waals surface area contributed by atoms with E-state index in [0.29, 0.717) is 5.69 Å². The van der Waals surface area contributed by atoms with Crippen molar-refractivity contribution in [2.24, 2.45) is 11.8 Å². The van der Waals surface area contributed by atoms with Crippen LogP contribution in [0.4, 0.5) is 11.4 Å². The van der Waals surface area contributed by atoms with E-state index < -0.39 is 0 Å². The molecule has 1 aromatic rings. The van der Waals surface area contributed by atoms with E-state index in [1.807, 2.05) is 25.1 Å². The average molecular weight is 288 g/mol. The Labute approximate surface area is 128 Å². The van der Waals surface area contributed by atoms with Crippen LogP contribution in [0, 0.1) is 18.8 Å². The molecule has 3 N–H and O–H groups in total. The summed E-state index contributed by atoms with van der Waals surface area (Å²) in [6.07, 6.45) is 8.35. The second-order valence-electron chi connectivity index (χ2n) is 6.39. The highest BCUT2D eigenvalue weighted by Crippen LogP contribution is 2.33. The number of hydrogen-bond donors (Lipinski definition) is 2. The monoisotopic (exact) mass is 288 g/mol. The first-order valence-electron chi connectivity index (χ1n) is 8.27. The smallest absolute Gasteiger partial charge is 0.227 e. The van der Waals surface area contributed by atoms with Gasteiger partial charge in [0.2, 0.25) is 5.91 Å². The maximum Gasteiger partial charge on any atom is 0.227 e. The highest BCUT2D eigenvalue weighted by Gasteiger charge is 2.26. The van der Waals surface area contributed by atoms with Crippen LogP contribution in [-0.2, 0) is 4.79 Å². The first-order chi connectivity index (χ1) is 10.1. The fraction of sp³-hybridized carbons (Fsp3) is 0.611. The van der Waals surface area contributed by atoms with Crippen LogP contribution in [0.2, 0.25) is 0 Å². The molecule has 0 bridgehead atoms. The first-order valence-corrected chi connectivity index (χ1v) is 8.27. The van der Waals surface area contributed by atoms with Crippen molar-refractivity contribution in [1.29, 1.82) is 0 Å². The van der Waals surface area contributed by atoms with Crippen LogP contribution in [0.1, 0.15) is 57.4 Å². The largest absolute Gasteiger partial charge is 0.397 e. The van der Waals surface area contributed by atoms with E-state index in [9.17, 15) is 4.79 Å². The summed E-state index contributed by atoms with van der Waals surface area (Å²) in [6, 6.07) is 5.73. The van der Waals surface area contributed by atoms with Gasteiger partial charge in [0.1, 0.15) is 0 Å². The number of nitrogen functional groups attached to an aromatic ring is 1. The summed E-state index contributed by atoms with van der Waals surface area (Å²) in [6.45, 7) is 4.22. The predicted octanol–water partition coefficient (Wildman–Crippen LogP) is 4.51. The van der Waals surface area contributed by atoms with Crippen LogP contribution in [0.25, 0.3) is 0 Å². The summed E-state index contributed by atoms with van der Waals surface area (Å²) < 4.78 is 0. The summed E-state index contributed by atoms with van der Waals surface area (Å²) in [5.74, 6) is 1.13. The Morgan fingerprint density at radius 1 is 1.29 bits per heavy atom. The molecule has 1 aromatic carbocycles. The standard InChI is InChI=1S/C18H28N2O/c1-3-4-7-14-9-11-15(12-10-14)18(21)20-17-13(2)6-5-8-16(17)19/h5-6,8,14-15H,3-4,7,9-12,19H2,1-2H3,(H,20,21). The zero-order chi connectivity index (χ0) is 15.2. The summed E-state index contributed by atoms with van der Waals surface area (Å²) in [5, 5.41) is 3.04. The molecule has 0 unspecified atom stereocenters. The van der Waals surface area contributed by atoms with Gasteiger partial charge in [-0.2, -0.15) is 0 Å². The molecule has 0 saturated heterocycles. The maximum absolute atomic E-state index is 12.4. The van der Waals surface area contributed by atoms with E-state index in [2.05, 4.69) is 12.2 Å². The van der Waals surface area contributed by atoms with Crippen molar-refractivity contribution in [2.45, 2.75) is 58.8 Å². The van der Waals surface area contributed by atoms with E-state index in [0.717, 1.165) is 30.0 Å². The van der Waals surface area contributed by atoms with Gasteiger partial charge in [0.25, 0.3) is 0 Å². The molecule has 1 fully saturated rings. The van der Waals surface area contributed by atoms with Gasteiger partial charge in [-0.15, -0.1) is 0 Å². The number of anilines is 2. The number of hydrogen-bond acceptors (Lipinski definition) is 2. The number of para-hydroxylation sites is 1. The lowest BCUT2D eigenvalue weighted by atomic mass is 9.79. The molecule has 3 nitrogen and oxygen atoms in total. The molecule has 0 aliphatic heterocycles. The third-order valence-corrected chi connectivity index (χ3v) is 4.74. The number of aryl methyl sites for hydroxylation is 1. The molecule has 3 heteroatoms. The normalized spacial score (nSPS) is 22.0. The van der Waals surface area contributed by atoms with Gasteiger partial charge >= 0.3 is 0 Å². The van der Waals surface area contributed by atoms with Crippen molar-refractivity contribution in [2.75, 3.05) is 11.1 Å². The topological polar surface area (TPSA) is 55.1 Å². The lowest BCUT2D eigenvalue weighted by Crippen LogP contribution is -2.27. The van der Waals surface area contributed by atoms with Crippen molar-refractivity contribution in [3.63, 3.8) is 0 Å². The van der Waals surface area contributed by atoms with Crippen LogP contribution in [0.15, 0.2) is 18.2 Å². The summed E-state index contributed by atoms with van der Waals surface area (Å²) in [5.41, 5.74) is 8.43. The van der Waals surface area contributed by atoms with Crippen LogP contribution in [0.5, 0.6) is 0 Å². The Bertz CT molecular complexity index is 456. The van der Waals surface area contributed by atoms with Crippen LogP contribution in [-0.4, -0.2) is 5.91 Å². The van der Waals surface area contributed by atoms with E-state index >= 15 is 0 Å². The van der Waals surface area contributed by atoms with Gasteiger partial charge in [-0.25, -0.2) is 0 Å². The van der Waals surface area contributed by atoms with E-state index in [1.54, 1.807) is 0 Å². The summed E-state index contributed by atoms with van der Waals surface area (Å²) in [4.78, 5) is 12.4. The summed E-state index contributed by atoms with van der Waals surface area (Å²) in [7, 11) is 0. The third-order valence-electron chi connectivity index (χ3n) is 4.74. The van der Waals surface area contributed by atoms with Gasteiger partial charge in [0.15, 0.2) is 0 Å². The van der Waals surface area contributed by atoms with Gasteiger partial charge in [-0.1, -0.05) is 38.3 Å². The molecule has 1 amide bonds. The number of carbonyl (C=O) groups is 1. The highest BCUT2D eigenvalue weighted by atomic mass is 16.1. The lowest BCUT2D eigenvalue weighted by Gasteiger charge is -2.28. The number of unbranched alkanes of at least 4 members (excludes halogenated alkanes) is 1. The Morgan fingerprint density at radius 2 is 2.00 bits per heavy atom. The van der Waals surface area contributed by atoms with Crippen molar-refractivity contribution in [3.05, 3.63) is 23.8 Å². The molecule has 1 saturated carbocycles. The minimum Gasteiger partial charge on any atom is -0.397 e. The van der Waals surface area contributed by atoms with Gasteiger partial charge in [-0.05, 0) is 50.2 Å². The minimum absolute atomic E-state index is 0.143. The molecule has 0 radical (unpaired) electrons. The number of carbonyl (C=O) groups excluding carboxylic acids is 1. The van der Waals surface area contributed by atoms with E-state index in [-0.39, 0.29) is 11.8 Å². The molecule has 116 valence electrons. The number of rotatable bonds is 5. The number of nitrogens with one attached hydrogen (secondary N) is 1. The molecule has 0 heterocycles. The Morgan fingerprint density at radius 3 is 2.62 bits per heavy atom. The molecule has 0 atom stereocenters. The fourth-order valence-corrected chi connectivity index (χ4v) is 3.29. The second-order valence-corrected chi connectivity index (χ2v) is 6.39. The third kappa shape index (κ3) is 4.23. The van der Waals surface area contributed by atoms with Gasteiger partial charge in [-0.3, -0.25) is 4.79 Å². The minimum atomic E-state index is 0.143. The number of nitrogens with two attached hydrogens (primary N) is 1. The maximum atomic E-state index is 12.4. The second kappa shape index (κ2) is 7.48. The van der Waals surface area contributed by atoms with Crippen molar-refractivity contribution in [1.82, 2.24) is 0 Å². The Balaban J connectivity index is 1.88. The lowest BCUT2D eigenvalue weighted by molar-refractivity contribution is -0.121. The van der Waals surface area contributed by atoms with Crippen molar-refractivity contribution < 1.29 is 4.79 Å². The Hall–Kier alpha value is -1.51. The summed E-state index contributed by atoms with van der Waals surface area (Å²) >= 11 is 0. The van der Waals surface area contributed by atoms with Crippen LogP contribution in [0.3, 0.4) is 0 Å². The zero-order valence-corrected chi connectivity index (χ0v) is 13.3. The number of benzene rings is 1. The van der Waals surface area contributed by atoms with Gasteiger partial charge < -0.3 is 11.1 Å². The number of amides is 1. The molecule has 1 aliphatic carbocycles. The van der Waals surface area contributed by atoms with Crippen LogP contribution < -0.4 is 11.1 Å². The SMILES string of the molecule is CCCCC1CCC(C(=O)Nc2c(C)cccc2N)CC1. The van der Waals surface area contributed by atoms with Gasteiger partial charge in [0, 0.05) is 5.92 Å². The molecule has 0 aromatic heterocycles. The van der Waals surface area contributed by atoms with Crippen LogP contribution >= 0.6 is 0 Å². The molecule has 2 rings (SSSR count). The van der Waals surface area contributed by atoms with E-state index in [1.165, 1.54) is 32.1 Å². The fourth-order valence-electron chi connectivity index (χ4n) is 3.29.